The van der Waals surface area contributed by atoms with Crippen LogP contribution in [0.4, 0.5) is 0 Å². The number of hydrogen-bond donors (Lipinski definition) is 1. The first-order chi connectivity index (χ1) is 10.5. The van der Waals surface area contributed by atoms with E-state index in [4.69, 9.17) is 9.26 Å². The summed E-state index contributed by atoms with van der Waals surface area (Å²) >= 11 is 0. The number of nitrogens with zero attached hydrogens (tertiary/aromatic N) is 3. The number of hydrogen-bond acceptors (Lipinski definition) is 6. The Labute approximate surface area is 131 Å². The van der Waals surface area contributed by atoms with E-state index in [-0.39, 0.29) is 5.60 Å². The molecule has 22 heavy (non-hydrogen) atoms. The van der Waals surface area contributed by atoms with Crippen LogP contribution in [0.15, 0.2) is 4.52 Å². The standard InChI is InChI=1S/C16H27N3O3/c1-13-17-14(22-18-13)11-15(20)5-4-9-19(12-15)10-8-16(21-2)6-3-7-16/h20H,3-12H2,1-2H3. The second-order valence-corrected chi connectivity index (χ2v) is 7.01. The molecule has 3 rings (SSSR count). The molecule has 1 aliphatic heterocycles. The van der Waals surface area contributed by atoms with Gasteiger partial charge in [0.2, 0.25) is 5.89 Å². The molecule has 1 saturated carbocycles. The number of aryl methyl sites for hydroxylation is 1. The highest BCUT2D eigenvalue weighted by Gasteiger charge is 2.39. The van der Waals surface area contributed by atoms with Crippen LogP contribution in [0.1, 0.15) is 50.2 Å². The van der Waals surface area contributed by atoms with Gasteiger partial charge in [0.05, 0.1) is 17.6 Å². The van der Waals surface area contributed by atoms with E-state index in [1.807, 2.05) is 7.11 Å². The Morgan fingerprint density at radius 2 is 2.14 bits per heavy atom. The predicted octanol–water partition coefficient (Wildman–Crippen LogP) is 1.71. The fourth-order valence-corrected chi connectivity index (χ4v) is 3.72. The van der Waals surface area contributed by atoms with E-state index in [0.717, 1.165) is 32.4 Å². The second-order valence-electron chi connectivity index (χ2n) is 7.01. The molecule has 2 fully saturated rings. The fourth-order valence-electron chi connectivity index (χ4n) is 3.72. The number of likely N-dealkylation sites (tertiary alicyclic amines) is 1. The van der Waals surface area contributed by atoms with Crippen LogP contribution in [-0.2, 0) is 11.2 Å². The SMILES string of the molecule is COC1(CCN2CCCC(O)(Cc3nc(C)no3)C2)CCC1. The molecule has 6 heteroatoms. The van der Waals surface area contributed by atoms with Gasteiger partial charge in [-0.15, -0.1) is 0 Å². The van der Waals surface area contributed by atoms with Gasteiger partial charge in [-0.2, -0.15) is 4.98 Å². The normalized spacial score (nSPS) is 28.5. The molecule has 1 saturated heterocycles. The Balaban J connectivity index is 1.54. The molecule has 124 valence electrons. The Hall–Kier alpha value is -0.980. The molecule has 0 aromatic carbocycles. The van der Waals surface area contributed by atoms with Gasteiger partial charge in [0.1, 0.15) is 0 Å². The molecule has 1 N–H and O–H groups in total. The Morgan fingerprint density at radius 3 is 2.73 bits per heavy atom. The van der Waals surface area contributed by atoms with Crippen LogP contribution in [0.3, 0.4) is 0 Å². The van der Waals surface area contributed by atoms with Gasteiger partial charge in [0.15, 0.2) is 5.82 Å². The van der Waals surface area contributed by atoms with Crippen LogP contribution in [0.25, 0.3) is 0 Å². The molecule has 0 bridgehead atoms. The van der Waals surface area contributed by atoms with Crippen molar-refractivity contribution in [2.75, 3.05) is 26.7 Å². The van der Waals surface area contributed by atoms with Crippen LogP contribution in [0, 0.1) is 6.92 Å². The molecular weight excluding hydrogens is 282 g/mol. The Morgan fingerprint density at radius 1 is 1.32 bits per heavy atom. The van der Waals surface area contributed by atoms with Crippen molar-refractivity contribution in [2.45, 2.75) is 63.1 Å². The van der Waals surface area contributed by atoms with Crippen molar-refractivity contribution in [3.8, 4) is 0 Å². The zero-order chi connectivity index (χ0) is 15.6. The largest absolute Gasteiger partial charge is 0.388 e. The summed E-state index contributed by atoms with van der Waals surface area (Å²) in [4.78, 5) is 6.57. The third kappa shape index (κ3) is 3.50. The highest BCUT2D eigenvalue weighted by molar-refractivity contribution is 4.97. The van der Waals surface area contributed by atoms with Crippen molar-refractivity contribution >= 4 is 0 Å². The first-order valence-electron chi connectivity index (χ1n) is 8.32. The quantitative estimate of drug-likeness (QED) is 0.862. The molecule has 6 nitrogen and oxygen atoms in total. The molecule has 1 aromatic rings. The molecular formula is C16H27N3O3. The van der Waals surface area contributed by atoms with E-state index in [1.165, 1.54) is 19.3 Å². The minimum Gasteiger partial charge on any atom is -0.388 e. The van der Waals surface area contributed by atoms with Crippen molar-refractivity contribution in [1.29, 1.82) is 0 Å². The zero-order valence-electron chi connectivity index (χ0n) is 13.7. The van der Waals surface area contributed by atoms with E-state index >= 15 is 0 Å². The molecule has 1 aromatic heterocycles. The smallest absolute Gasteiger partial charge is 0.229 e. The van der Waals surface area contributed by atoms with Gasteiger partial charge in [-0.25, -0.2) is 0 Å². The Kier molecular flexibility index (Phi) is 4.52. The molecule has 1 aliphatic carbocycles. The molecule has 1 unspecified atom stereocenters. The van der Waals surface area contributed by atoms with Gasteiger partial charge in [0, 0.05) is 20.2 Å². The maximum Gasteiger partial charge on any atom is 0.229 e. The number of ether oxygens (including phenoxy) is 1. The summed E-state index contributed by atoms with van der Waals surface area (Å²) in [6.45, 7) is 4.51. The summed E-state index contributed by atoms with van der Waals surface area (Å²) < 4.78 is 10.9. The van der Waals surface area contributed by atoms with E-state index in [2.05, 4.69) is 15.0 Å². The molecule has 1 atom stereocenters. The maximum absolute atomic E-state index is 10.9. The molecule has 0 spiro atoms. The average Bonchev–Trinajstić information content (AvgIpc) is 2.83. The Bertz CT molecular complexity index is 495. The fraction of sp³-hybridized carbons (Fsp3) is 0.875. The van der Waals surface area contributed by atoms with E-state index in [9.17, 15) is 5.11 Å². The van der Waals surface area contributed by atoms with E-state index in [1.54, 1.807) is 6.92 Å². The third-order valence-electron chi connectivity index (χ3n) is 5.27. The molecule has 0 amide bonds. The maximum atomic E-state index is 10.9. The number of methoxy groups -OCH3 is 1. The van der Waals surface area contributed by atoms with Gasteiger partial charge in [-0.1, -0.05) is 5.16 Å². The second kappa shape index (κ2) is 6.26. The van der Waals surface area contributed by atoms with E-state index < -0.39 is 5.60 Å². The highest BCUT2D eigenvalue weighted by atomic mass is 16.5. The van der Waals surface area contributed by atoms with Crippen molar-refractivity contribution in [3.05, 3.63) is 11.7 Å². The van der Waals surface area contributed by atoms with Crippen LogP contribution in [0.2, 0.25) is 0 Å². The number of β-amino-alcohol motifs (C(OH)–C–C–N with tert-alkyl or cyclic N) is 1. The highest BCUT2D eigenvalue weighted by Crippen LogP contribution is 2.38. The number of aromatic nitrogens is 2. The van der Waals surface area contributed by atoms with Crippen molar-refractivity contribution < 1.29 is 14.4 Å². The van der Waals surface area contributed by atoms with Crippen LogP contribution in [0.5, 0.6) is 0 Å². The summed E-state index contributed by atoms with van der Waals surface area (Å²) in [5.74, 6) is 1.16. The monoisotopic (exact) mass is 309 g/mol. The minimum atomic E-state index is -0.753. The summed E-state index contributed by atoms with van der Waals surface area (Å²) in [7, 11) is 1.82. The molecule has 2 aliphatic rings. The lowest BCUT2D eigenvalue weighted by atomic mass is 9.77. The average molecular weight is 309 g/mol. The van der Waals surface area contributed by atoms with Crippen molar-refractivity contribution in [1.82, 2.24) is 15.0 Å². The van der Waals surface area contributed by atoms with E-state index in [0.29, 0.717) is 24.7 Å². The summed E-state index contributed by atoms with van der Waals surface area (Å²) in [5.41, 5.74) is -0.657. The van der Waals surface area contributed by atoms with Gasteiger partial charge >= 0.3 is 0 Å². The zero-order valence-corrected chi connectivity index (χ0v) is 13.7. The van der Waals surface area contributed by atoms with Crippen LogP contribution in [-0.4, -0.2) is 58.1 Å². The number of piperidine rings is 1. The van der Waals surface area contributed by atoms with Crippen LogP contribution < -0.4 is 0 Å². The topological polar surface area (TPSA) is 71.6 Å². The van der Waals surface area contributed by atoms with Crippen LogP contribution >= 0.6 is 0 Å². The van der Waals surface area contributed by atoms with Gasteiger partial charge in [-0.05, 0) is 52.0 Å². The summed E-state index contributed by atoms with van der Waals surface area (Å²) in [6, 6.07) is 0. The van der Waals surface area contributed by atoms with Gasteiger partial charge in [-0.3, -0.25) is 0 Å². The van der Waals surface area contributed by atoms with Gasteiger partial charge in [0.25, 0.3) is 0 Å². The number of aliphatic hydroxyl groups is 1. The van der Waals surface area contributed by atoms with Crippen molar-refractivity contribution in [2.24, 2.45) is 0 Å². The minimum absolute atomic E-state index is 0.0964. The lowest BCUT2D eigenvalue weighted by Gasteiger charge is -2.44. The summed E-state index contributed by atoms with van der Waals surface area (Å²) in [6.07, 6.45) is 6.91. The van der Waals surface area contributed by atoms with Crippen molar-refractivity contribution in [3.63, 3.8) is 0 Å². The van der Waals surface area contributed by atoms with Gasteiger partial charge < -0.3 is 19.3 Å². The number of rotatable bonds is 6. The first-order valence-corrected chi connectivity index (χ1v) is 8.32. The summed E-state index contributed by atoms with van der Waals surface area (Å²) in [5, 5.41) is 14.7. The first kappa shape index (κ1) is 15.9. The third-order valence-corrected chi connectivity index (χ3v) is 5.27. The lowest BCUT2D eigenvalue weighted by molar-refractivity contribution is -0.0905. The lowest BCUT2D eigenvalue weighted by Crippen LogP contribution is -2.51. The molecule has 0 radical (unpaired) electrons. The molecule has 2 heterocycles. The predicted molar refractivity (Wildman–Crippen MR) is 81.6 cm³/mol.